The number of carbonyl (C=O) groups excluding carboxylic acids is 1. The number of carbonyl (C=O) groups is 1. The molecule has 2 saturated heterocycles. The smallest absolute Gasteiger partial charge is 0.252 e. The molecule has 0 spiro atoms. The second kappa shape index (κ2) is 10.2. The van der Waals surface area contributed by atoms with E-state index in [1.807, 2.05) is 19.1 Å². The number of rotatable bonds is 6. The number of nitrogens with zero attached hydrogens (tertiary/aromatic N) is 5. The first-order chi connectivity index (χ1) is 14.0. The van der Waals surface area contributed by atoms with Crippen LogP contribution in [0.3, 0.4) is 0 Å². The largest absolute Gasteiger partial charge is 0.347 e. The second-order valence-corrected chi connectivity index (χ2v) is 9.09. The van der Waals surface area contributed by atoms with Crippen LogP contribution in [0, 0.1) is 0 Å². The predicted octanol–water partition coefficient (Wildman–Crippen LogP) is 3.60. The molecule has 0 atom stereocenters. The summed E-state index contributed by atoms with van der Waals surface area (Å²) in [6.45, 7) is 10.5. The van der Waals surface area contributed by atoms with Gasteiger partial charge in [0.05, 0.1) is 0 Å². The standard InChI is InChI=1S/C22H33N5OS/c1-17(9-8-10-18(2)21(28)25(3)4)20-23-24-22(29-20)27-15-11-19(12-16-27)26-13-6-5-7-14-26/h8-10,19H,2,5-7,11-16H2,1,3-4H3. The van der Waals surface area contributed by atoms with E-state index in [9.17, 15) is 4.79 Å². The summed E-state index contributed by atoms with van der Waals surface area (Å²) in [4.78, 5) is 18.4. The minimum absolute atomic E-state index is 0.0848. The molecule has 2 aliphatic heterocycles. The molecular weight excluding hydrogens is 382 g/mol. The van der Waals surface area contributed by atoms with Crippen molar-refractivity contribution in [1.82, 2.24) is 20.0 Å². The number of likely N-dealkylation sites (tertiary alicyclic amines) is 1. The number of hydrogen-bond donors (Lipinski definition) is 0. The van der Waals surface area contributed by atoms with Crippen LogP contribution in [0.25, 0.3) is 5.57 Å². The van der Waals surface area contributed by atoms with Gasteiger partial charge in [-0.15, -0.1) is 10.2 Å². The first-order valence-corrected chi connectivity index (χ1v) is 11.4. The summed E-state index contributed by atoms with van der Waals surface area (Å²) in [6.07, 6.45) is 12.1. The molecule has 0 bridgehead atoms. The monoisotopic (exact) mass is 415 g/mol. The van der Waals surface area contributed by atoms with Crippen LogP contribution in [0.15, 0.2) is 30.4 Å². The van der Waals surface area contributed by atoms with E-state index in [2.05, 4.69) is 26.6 Å². The maximum absolute atomic E-state index is 11.8. The van der Waals surface area contributed by atoms with Crippen LogP contribution in [-0.4, -0.2) is 72.2 Å². The fourth-order valence-electron chi connectivity index (χ4n) is 3.95. The first-order valence-electron chi connectivity index (χ1n) is 10.5. The molecule has 0 saturated carbocycles. The Morgan fingerprint density at radius 1 is 1.14 bits per heavy atom. The molecule has 0 N–H and O–H groups in total. The Labute approximate surface area is 178 Å². The van der Waals surface area contributed by atoms with Gasteiger partial charge in [0.15, 0.2) is 0 Å². The molecule has 1 aromatic heterocycles. The molecule has 1 aromatic rings. The van der Waals surface area contributed by atoms with E-state index in [-0.39, 0.29) is 5.91 Å². The topological polar surface area (TPSA) is 52.6 Å². The van der Waals surface area contributed by atoms with Crippen LogP contribution in [0.2, 0.25) is 0 Å². The molecule has 0 aromatic carbocycles. The van der Waals surface area contributed by atoms with Gasteiger partial charge in [0.1, 0.15) is 5.01 Å². The van der Waals surface area contributed by atoms with E-state index in [0.29, 0.717) is 5.57 Å². The number of anilines is 1. The van der Waals surface area contributed by atoms with Crippen LogP contribution in [-0.2, 0) is 4.79 Å². The second-order valence-electron chi connectivity index (χ2n) is 8.14. The van der Waals surface area contributed by atoms with Gasteiger partial charge in [-0.3, -0.25) is 4.79 Å². The van der Waals surface area contributed by atoms with Gasteiger partial charge < -0.3 is 14.7 Å². The molecule has 3 rings (SSSR count). The lowest BCUT2D eigenvalue weighted by Crippen LogP contribution is -2.46. The van der Waals surface area contributed by atoms with Crippen molar-refractivity contribution in [2.24, 2.45) is 0 Å². The lowest BCUT2D eigenvalue weighted by Gasteiger charge is -2.40. The molecule has 3 heterocycles. The van der Waals surface area contributed by atoms with Crippen molar-refractivity contribution >= 4 is 27.9 Å². The number of aromatic nitrogens is 2. The van der Waals surface area contributed by atoms with Crippen LogP contribution in [0.5, 0.6) is 0 Å². The number of amides is 1. The van der Waals surface area contributed by atoms with E-state index in [1.165, 1.54) is 50.1 Å². The Balaban J connectivity index is 1.53. The number of hydrogen-bond acceptors (Lipinski definition) is 6. The summed E-state index contributed by atoms with van der Waals surface area (Å²) in [5.41, 5.74) is 1.51. The van der Waals surface area contributed by atoms with Crippen LogP contribution < -0.4 is 4.90 Å². The highest BCUT2D eigenvalue weighted by molar-refractivity contribution is 7.16. The Hall–Kier alpha value is -1.99. The van der Waals surface area contributed by atoms with Crippen LogP contribution >= 0.6 is 11.3 Å². The third-order valence-corrected chi connectivity index (χ3v) is 6.84. The van der Waals surface area contributed by atoms with Gasteiger partial charge in [-0.1, -0.05) is 42.6 Å². The number of piperidine rings is 2. The summed E-state index contributed by atoms with van der Waals surface area (Å²) in [5, 5.41) is 10.7. The zero-order chi connectivity index (χ0) is 20.8. The van der Waals surface area contributed by atoms with Gasteiger partial charge in [0, 0.05) is 38.8 Å². The van der Waals surface area contributed by atoms with Gasteiger partial charge in [0.25, 0.3) is 5.91 Å². The van der Waals surface area contributed by atoms with Gasteiger partial charge in [0.2, 0.25) is 5.13 Å². The summed E-state index contributed by atoms with van der Waals surface area (Å²) < 4.78 is 0. The van der Waals surface area contributed by atoms with E-state index < -0.39 is 0 Å². The lowest BCUT2D eigenvalue weighted by molar-refractivity contribution is -0.124. The third kappa shape index (κ3) is 5.76. The van der Waals surface area contributed by atoms with Crippen molar-refractivity contribution in [3.8, 4) is 0 Å². The highest BCUT2D eigenvalue weighted by Gasteiger charge is 2.27. The zero-order valence-electron chi connectivity index (χ0n) is 17.9. The summed E-state index contributed by atoms with van der Waals surface area (Å²) >= 11 is 1.64. The summed E-state index contributed by atoms with van der Waals surface area (Å²) in [6, 6.07) is 0.740. The Morgan fingerprint density at radius 2 is 1.83 bits per heavy atom. The molecule has 0 aliphatic carbocycles. The van der Waals surface area contributed by atoms with Crippen LogP contribution in [0.1, 0.15) is 44.0 Å². The van der Waals surface area contributed by atoms with Crippen molar-refractivity contribution < 1.29 is 4.79 Å². The predicted molar refractivity (Wildman–Crippen MR) is 121 cm³/mol. The van der Waals surface area contributed by atoms with E-state index in [4.69, 9.17) is 0 Å². The molecular formula is C22H33N5OS. The van der Waals surface area contributed by atoms with E-state index in [1.54, 1.807) is 31.5 Å². The molecule has 158 valence electrons. The third-order valence-electron chi connectivity index (χ3n) is 5.72. The molecule has 29 heavy (non-hydrogen) atoms. The molecule has 7 heteroatoms. The minimum Gasteiger partial charge on any atom is -0.347 e. The SMILES string of the molecule is C=C(C=CC=C(C)c1nnc(N2CCC(N3CCCCC3)CC2)s1)C(=O)N(C)C. The van der Waals surface area contributed by atoms with Gasteiger partial charge >= 0.3 is 0 Å². The molecule has 6 nitrogen and oxygen atoms in total. The van der Waals surface area contributed by atoms with Crippen molar-refractivity contribution in [3.05, 3.63) is 35.4 Å². The highest BCUT2D eigenvalue weighted by atomic mass is 32.1. The quantitative estimate of drug-likeness (QED) is 0.525. The average Bonchev–Trinajstić information content (AvgIpc) is 3.24. The summed E-state index contributed by atoms with van der Waals surface area (Å²) in [5.74, 6) is -0.0848. The maximum atomic E-state index is 11.8. The van der Waals surface area contributed by atoms with Crippen molar-refractivity contribution in [1.29, 1.82) is 0 Å². The molecule has 2 aliphatic rings. The normalized spacial score (nSPS) is 19.7. The van der Waals surface area contributed by atoms with Crippen molar-refractivity contribution in [3.63, 3.8) is 0 Å². The number of allylic oxidation sites excluding steroid dienone is 3. The Morgan fingerprint density at radius 3 is 2.48 bits per heavy atom. The Kier molecular flexibility index (Phi) is 7.61. The average molecular weight is 416 g/mol. The molecule has 0 unspecified atom stereocenters. The number of likely N-dealkylation sites (N-methyl/N-ethyl adjacent to an activating group) is 1. The molecule has 0 radical (unpaired) electrons. The fraction of sp³-hybridized carbons (Fsp3) is 0.591. The van der Waals surface area contributed by atoms with Gasteiger partial charge in [-0.2, -0.15) is 0 Å². The summed E-state index contributed by atoms with van der Waals surface area (Å²) in [7, 11) is 3.45. The van der Waals surface area contributed by atoms with Gasteiger partial charge in [-0.25, -0.2) is 0 Å². The van der Waals surface area contributed by atoms with Gasteiger partial charge in [-0.05, 0) is 51.3 Å². The van der Waals surface area contributed by atoms with E-state index >= 15 is 0 Å². The minimum atomic E-state index is -0.0848. The Bertz CT molecular complexity index is 768. The van der Waals surface area contributed by atoms with E-state index in [0.717, 1.165) is 34.8 Å². The first kappa shape index (κ1) is 21.7. The van der Waals surface area contributed by atoms with Crippen molar-refractivity contribution in [2.75, 3.05) is 45.2 Å². The maximum Gasteiger partial charge on any atom is 0.252 e. The highest BCUT2D eigenvalue weighted by Crippen LogP contribution is 2.29. The molecule has 2 fully saturated rings. The lowest BCUT2D eigenvalue weighted by atomic mass is 10.0. The fourth-order valence-corrected chi connectivity index (χ4v) is 4.82. The zero-order valence-corrected chi connectivity index (χ0v) is 18.7. The van der Waals surface area contributed by atoms with Crippen LogP contribution in [0.4, 0.5) is 5.13 Å². The van der Waals surface area contributed by atoms with Crippen molar-refractivity contribution in [2.45, 2.75) is 45.1 Å². The molecule has 1 amide bonds.